The second-order valence-corrected chi connectivity index (χ2v) is 7.11. The maximum absolute atomic E-state index is 12.7. The van der Waals surface area contributed by atoms with Gasteiger partial charge in [-0.25, -0.2) is 8.42 Å². The highest BCUT2D eigenvalue weighted by molar-refractivity contribution is 7.89. The molecule has 1 aliphatic rings. The molecule has 5 nitrogen and oxygen atoms in total. The minimum Gasteiger partial charge on any atom is -0.396 e. The van der Waals surface area contributed by atoms with E-state index in [1.807, 2.05) is 6.92 Å². The number of hydrogen-bond donors (Lipinski definition) is 2. The Hall–Kier alpha value is -1.39. The number of rotatable bonds is 3. The van der Waals surface area contributed by atoms with Gasteiger partial charge in [-0.1, -0.05) is 17.9 Å². The average Bonchev–Trinajstić information content (AvgIpc) is 2.94. The maximum atomic E-state index is 12.7. The van der Waals surface area contributed by atoms with Crippen molar-refractivity contribution in [2.24, 2.45) is 11.7 Å². The number of nitrogens with two attached hydrogens (primary N) is 1. The summed E-state index contributed by atoms with van der Waals surface area (Å²) in [6.07, 6.45) is 0.686. The first-order valence-corrected chi connectivity index (χ1v) is 8.33. The topological polar surface area (TPSA) is 83.6 Å². The minimum absolute atomic E-state index is 0.0136. The summed E-state index contributed by atoms with van der Waals surface area (Å²) in [5, 5.41) is 9.17. The molecule has 0 bridgehead atoms. The Balaban J connectivity index is 2.40. The third-order valence-electron chi connectivity index (χ3n) is 3.58. The van der Waals surface area contributed by atoms with Gasteiger partial charge in [-0.15, -0.1) is 0 Å². The molecule has 21 heavy (non-hydrogen) atoms. The molecule has 3 N–H and O–H groups in total. The zero-order valence-corrected chi connectivity index (χ0v) is 12.9. The van der Waals surface area contributed by atoms with E-state index in [2.05, 4.69) is 11.8 Å². The van der Waals surface area contributed by atoms with E-state index in [0.29, 0.717) is 25.1 Å². The Kier molecular flexibility index (Phi) is 5.01. The largest absolute Gasteiger partial charge is 0.396 e. The number of benzene rings is 1. The van der Waals surface area contributed by atoms with Crippen LogP contribution in [0.25, 0.3) is 0 Å². The SMILES string of the molecule is Cc1ccc(S(=O)(=O)N2CCC(CO)C2)c(C#CCN)c1. The Morgan fingerprint density at radius 3 is 2.86 bits per heavy atom. The highest BCUT2D eigenvalue weighted by Crippen LogP contribution is 2.26. The summed E-state index contributed by atoms with van der Waals surface area (Å²) in [6, 6.07) is 5.12. The van der Waals surface area contributed by atoms with Crippen LogP contribution in [0.3, 0.4) is 0 Å². The molecule has 1 aromatic carbocycles. The number of nitrogens with zero attached hydrogens (tertiary/aromatic N) is 1. The molecule has 114 valence electrons. The summed E-state index contributed by atoms with van der Waals surface area (Å²) in [5.41, 5.74) is 6.80. The van der Waals surface area contributed by atoms with E-state index in [9.17, 15) is 8.42 Å². The summed E-state index contributed by atoms with van der Waals surface area (Å²) in [4.78, 5) is 0.215. The number of aryl methyl sites for hydroxylation is 1. The molecule has 2 rings (SSSR count). The van der Waals surface area contributed by atoms with Crippen LogP contribution in [0, 0.1) is 24.7 Å². The van der Waals surface area contributed by atoms with E-state index >= 15 is 0 Å². The van der Waals surface area contributed by atoms with Crippen molar-refractivity contribution in [3.05, 3.63) is 29.3 Å². The maximum Gasteiger partial charge on any atom is 0.244 e. The van der Waals surface area contributed by atoms with E-state index in [0.717, 1.165) is 5.56 Å². The zero-order chi connectivity index (χ0) is 15.5. The quantitative estimate of drug-likeness (QED) is 0.787. The smallest absolute Gasteiger partial charge is 0.244 e. The van der Waals surface area contributed by atoms with Gasteiger partial charge in [0.15, 0.2) is 0 Å². The lowest BCUT2D eigenvalue weighted by molar-refractivity contribution is 0.233. The predicted octanol–water partition coefficient (Wildman–Crippen LogP) is 0.308. The second-order valence-electron chi connectivity index (χ2n) is 5.21. The number of aliphatic hydroxyl groups is 1. The van der Waals surface area contributed by atoms with Crippen molar-refractivity contribution in [2.45, 2.75) is 18.2 Å². The normalized spacial score (nSPS) is 19.3. The van der Waals surface area contributed by atoms with E-state index < -0.39 is 10.0 Å². The number of aliphatic hydroxyl groups excluding tert-OH is 1. The summed E-state index contributed by atoms with van der Waals surface area (Å²) in [5.74, 6) is 5.57. The Labute approximate surface area is 125 Å². The van der Waals surface area contributed by atoms with Crippen molar-refractivity contribution in [1.82, 2.24) is 4.31 Å². The molecule has 1 heterocycles. The van der Waals surface area contributed by atoms with Crippen molar-refractivity contribution >= 4 is 10.0 Å². The molecular formula is C15H20N2O3S. The Morgan fingerprint density at radius 1 is 1.48 bits per heavy atom. The summed E-state index contributed by atoms with van der Waals surface area (Å²) in [7, 11) is -3.58. The molecule has 0 aliphatic carbocycles. The van der Waals surface area contributed by atoms with Gasteiger partial charge in [0, 0.05) is 25.3 Å². The summed E-state index contributed by atoms with van der Waals surface area (Å²) in [6.45, 7) is 2.88. The molecule has 0 amide bonds. The molecule has 6 heteroatoms. The van der Waals surface area contributed by atoms with Crippen LogP contribution < -0.4 is 5.73 Å². The Morgan fingerprint density at radius 2 is 2.24 bits per heavy atom. The lowest BCUT2D eigenvalue weighted by atomic mass is 10.1. The van der Waals surface area contributed by atoms with Crippen LogP contribution >= 0.6 is 0 Å². The first-order valence-electron chi connectivity index (χ1n) is 6.89. The molecule has 1 unspecified atom stereocenters. The van der Waals surface area contributed by atoms with Crippen LogP contribution in [0.1, 0.15) is 17.5 Å². The number of sulfonamides is 1. The van der Waals surface area contributed by atoms with Crippen LogP contribution in [-0.2, 0) is 10.0 Å². The lowest BCUT2D eigenvalue weighted by Gasteiger charge is -2.17. The van der Waals surface area contributed by atoms with Gasteiger partial charge >= 0.3 is 0 Å². The van der Waals surface area contributed by atoms with Gasteiger partial charge in [0.05, 0.1) is 11.4 Å². The second kappa shape index (κ2) is 6.58. The molecule has 1 aliphatic heterocycles. The monoisotopic (exact) mass is 308 g/mol. The van der Waals surface area contributed by atoms with Gasteiger partial charge in [0.25, 0.3) is 0 Å². The zero-order valence-electron chi connectivity index (χ0n) is 12.0. The predicted molar refractivity (Wildman–Crippen MR) is 81.1 cm³/mol. The van der Waals surface area contributed by atoms with E-state index in [1.54, 1.807) is 18.2 Å². The van der Waals surface area contributed by atoms with Gasteiger partial charge in [-0.3, -0.25) is 0 Å². The highest BCUT2D eigenvalue weighted by Gasteiger charge is 2.33. The van der Waals surface area contributed by atoms with Crippen molar-refractivity contribution in [1.29, 1.82) is 0 Å². The van der Waals surface area contributed by atoms with Crippen LogP contribution in [0.15, 0.2) is 23.1 Å². The molecule has 0 aromatic heterocycles. The third kappa shape index (κ3) is 3.44. The fourth-order valence-electron chi connectivity index (χ4n) is 2.42. The minimum atomic E-state index is -3.58. The van der Waals surface area contributed by atoms with Crippen molar-refractivity contribution in [3.63, 3.8) is 0 Å². The van der Waals surface area contributed by atoms with Crippen molar-refractivity contribution < 1.29 is 13.5 Å². The van der Waals surface area contributed by atoms with E-state index in [-0.39, 0.29) is 24.0 Å². The standard InChI is InChI=1S/C15H20N2O3S/c1-12-4-5-15(14(9-12)3-2-7-16)21(19,20)17-8-6-13(10-17)11-18/h4-5,9,13,18H,6-8,10-11,16H2,1H3. The van der Waals surface area contributed by atoms with Gasteiger partial charge in [0.2, 0.25) is 10.0 Å². The molecular weight excluding hydrogens is 288 g/mol. The van der Waals surface area contributed by atoms with Gasteiger partial charge in [0.1, 0.15) is 0 Å². The fourth-order valence-corrected chi connectivity index (χ4v) is 4.08. The van der Waals surface area contributed by atoms with Crippen molar-refractivity contribution in [3.8, 4) is 11.8 Å². The van der Waals surface area contributed by atoms with Crippen molar-refractivity contribution in [2.75, 3.05) is 26.2 Å². The molecule has 1 atom stereocenters. The lowest BCUT2D eigenvalue weighted by Crippen LogP contribution is -2.30. The highest BCUT2D eigenvalue weighted by atomic mass is 32.2. The molecule has 1 aromatic rings. The first-order chi connectivity index (χ1) is 9.98. The molecule has 0 saturated carbocycles. The molecule has 0 radical (unpaired) electrons. The molecule has 0 spiro atoms. The first kappa shape index (κ1) is 16.0. The third-order valence-corrected chi connectivity index (χ3v) is 5.51. The van der Waals surface area contributed by atoms with Gasteiger partial charge < -0.3 is 10.8 Å². The van der Waals surface area contributed by atoms with E-state index in [1.165, 1.54) is 4.31 Å². The molecule has 1 fully saturated rings. The average molecular weight is 308 g/mol. The fraction of sp³-hybridized carbons (Fsp3) is 0.467. The Bertz CT molecular complexity index is 674. The summed E-state index contributed by atoms with van der Waals surface area (Å²) >= 11 is 0. The van der Waals surface area contributed by atoms with E-state index in [4.69, 9.17) is 10.8 Å². The number of hydrogen-bond acceptors (Lipinski definition) is 4. The molecule has 1 saturated heterocycles. The van der Waals surface area contributed by atoms with Crippen LogP contribution in [0.5, 0.6) is 0 Å². The van der Waals surface area contributed by atoms with Gasteiger partial charge in [-0.05, 0) is 37.0 Å². The van der Waals surface area contributed by atoms with Crippen LogP contribution in [-0.4, -0.2) is 44.1 Å². The summed E-state index contributed by atoms with van der Waals surface area (Å²) < 4.78 is 26.9. The van der Waals surface area contributed by atoms with Crippen LogP contribution in [0.2, 0.25) is 0 Å². The van der Waals surface area contributed by atoms with Crippen LogP contribution in [0.4, 0.5) is 0 Å². The van der Waals surface area contributed by atoms with Gasteiger partial charge in [-0.2, -0.15) is 4.31 Å².